The molecule has 1 atom stereocenters. The summed E-state index contributed by atoms with van der Waals surface area (Å²) >= 11 is 0. The van der Waals surface area contributed by atoms with Crippen molar-refractivity contribution in [2.75, 3.05) is 14.1 Å². The second kappa shape index (κ2) is 6.48. The van der Waals surface area contributed by atoms with Gasteiger partial charge in [-0.15, -0.1) is 0 Å². The van der Waals surface area contributed by atoms with Crippen molar-refractivity contribution in [3.8, 4) is 0 Å². The summed E-state index contributed by atoms with van der Waals surface area (Å²) in [7, 11) is 3.34. The molecular formula is C19H18N2O2. The molecule has 2 aromatic carbocycles. The summed E-state index contributed by atoms with van der Waals surface area (Å²) < 4.78 is 5.72. The third-order valence-corrected chi connectivity index (χ3v) is 3.64. The standard InChI is InChI=1S/C19H18N2O2/c1-21(2)19(22)23-18(15-9-4-3-5-10-15)17-16-11-7-6-8-14(16)12-13-20-17/h3-13,18H,1-2H3. The number of pyridine rings is 1. The Hall–Kier alpha value is -2.88. The van der Waals surface area contributed by atoms with Crippen LogP contribution in [0.3, 0.4) is 0 Å². The van der Waals surface area contributed by atoms with Crippen molar-refractivity contribution in [1.82, 2.24) is 9.88 Å². The molecule has 0 bridgehead atoms. The van der Waals surface area contributed by atoms with Gasteiger partial charge in [0, 0.05) is 25.7 Å². The molecular weight excluding hydrogens is 288 g/mol. The number of aromatic nitrogens is 1. The Balaban J connectivity index is 2.12. The van der Waals surface area contributed by atoms with E-state index >= 15 is 0 Å². The monoisotopic (exact) mass is 306 g/mol. The molecule has 3 aromatic rings. The molecule has 3 rings (SSSR count). The summed E-state index contributed by atoms with van der Waals surface area (Å²) in [6, 6.07) is 19.6. The van der Waals surface area contributed by atoms with E-state index in [1.54, 1.807) is 20.3 Å². The maximum Gasteiger partial charge on any atom is 0.410 e. The van der Waals surface area contributed by atoms with Crippen LogP contribution in [0.4, 0.5) is 4.79 Å². The molecule has 4 heteroatoms. The third-order valence-electron chi connectivity index (χ3n) is 3.64. The van der Waals surface area contributed by atoms with E-state index in [1.165, 1.54) is 4.90 Å². The largest absolute Gasteiger partial charge is 0.435 e. The predicted octanol–water partition coefficient (Wildman–Crippen LogP) is 4.02. The van der Waals surface area contributed by atoms with Gasteiger partial charge in [0.05, 0.1) is 5.69 Å². The lowest BCUT2D eigenvalue weighted by Crippen LogP contribution is -2.25. The first-order valence-corrected chi connectivity index (χ1v) is 7.43. The van der Waals surface area contributed by atoms with Gasteiger partial charge in [0.15, 0.2) is 6.10 Å². The van der Waals surface area contributed by atoms with Crippen molar-refractivity contribution in [3.05, 3.63) is 78.1 Å². The molecule has 0 saturated heterocycles. The number of hydrogen-bond acceptors (Lipinski definition) is 3. The third kappa shape index (κ3) is 3.16. The zero-order valence-electron chi connectivity index (χ0n) is 13.1. The van der Waals surface area contributed by atoms with E-state index in [2.05, 4.69) is 4.98 Å². The van der Waals surface area contributed by atoms with Crippen LogP contribution in [0.25, 0.3) is 10.8 Å². The molecule has 116 valence electrons. The van der Waals surface area contributed by atoms with Gasteiger partial charge in [-0.05, 0) is 17.0 Å². The maximum absolute atomic E-state index is 12.1. The Morgan fingerprint density at radius 1 is 1.00 bits per heavy atom. The molecule has 1 aromatic heterocycles. The van der Waals surface area contributed by atoms with Crippen LogP contribution in [0.15, 0.2) is 66.9 Å². The van der Waals surface area contributed by atoms with Crippen LogP contribution < -0.4 is 0 Å². The minimum Gasteiger partial charge on any atom is -0.435 e. The predicted molar refractivity (Wildman–Crippen MR) is 90.2 cm³/mol. The highest BCUT2D eigenvalue weighted by molar-refractivity contribution is 5.85. The minimum absolute atomic E-state index is 0.395. The normalized spacial score (nSPS) is 11.9. The van der Waals surface area contributed by atoms with Crippen molar-refractivity contribution in [1.29, 1.82) is 0 Å². The number of rotatable bonds is 3. The molecule has 0 radical (unpaired) electrons. The Morgan fingerprint density at radius 3 is 2.43 bits per heavy atom. The lowest BCUT2D eigenvalue weighted by molar-refractivity contribution is 0.0899. The van der Waals surface area contributed by atoms with Crippen LogP contribution in [-0.2, 0) is 4.74 Å². The van der Waals surface area contributed by atoms with Crippen LogP contribution >= 0.6 is 0 Å². The van der Waals surface area contributed by atoms with E-state index in [9.17, 15) is 4.79 Å². The van der Waals surface area contributed by atoms with Gasteiger partial charge >= 0.3 is 6.09 Å². The quantitative estimate of drug-likeness (QED) is 0.734. The van der Waals surface area contributed by atoms with E-state index in [-0.39, 0.29) is 0 Å². The van der Waals surface area contributed by atoms with Gasteiger partial charge in [0.25, 0.3) is 0 Å². The van der Waals surface area contributed by atoms with Crippen LogP contribution in [0, 0.1) is 0 Å². The second-order valence-electron chi connectivity index (χ2n) is 5.49. The van der Waals surface area contributed by atoms with Crippen molar-refractivity contribution >= 4 is 16.9 Å². The van der Waals surface area contributed by atoms with Crippen LogP contribution in [0.2, 0.25) is 0 Å². The number of carbonyl (C=O) groups excluding carboxylic acids is 1. The summed E-state index contributed by atoms with van der Waals surface area (Å²) in [5, 5.41) is 2.05. The molecule has 23 heavy (non-hydrogen) atoms. The van der Waals surface area contributed by atoms with E-state index in [0.29, 0.717) is 0 Å². The SMILES string of the molecule is CN(C)C(=O)OC(c1ccccc1)c1nccc2ccccc12. The van der Waals surface area contributed by atoms with Gasteiger partial charge in [0.2, 0.25) is 0 Å². The molecule has 0 saturated carbocycles. The lowest BCUT2D eigenvalue weighted by Gasteiger charge is -2.21. The molecule has 0 fully saturated rings. The fourth-order valence-corrected chi connectivity index (χ4v) is 2.47. The van der Waals surface area contributed by atoms with Crippen LogP contribution in [0.1, 0.15) is 17.4 Å². The Kier molecular flexibility index (Phi) is 4.24. The Labute approximate surface area is 135 Å². The highest BCUT2D eigenvalue weighted by Crippen LogP contribution is 2.30. The fraction of sp³-hybridized carbons (Fsp3) is 0.158. The molecule has 0 spiro atoms. The Bertz CT molecular complexity index is 810. The topological polar surface area (TPSA) is 42.4 Å². The molecule has 0 aliphatic rings. The molecule has 0 aliphatic carbocycles. The average Bonchev–Trinajstić information content (AvgIpc) is 2.59. The fourth-order valence-electron chi connectivity index (χ4n) is 2.47. The van der Waals surface area contributed by atoms with Crippen molar-refractivity contribution in [2.45, 2.75) is 6.10 Å². The smallest absolute Gasteiger partial charge is 0.410 e. The lowest BCUT2D eigenvalue weighted by atomic mass is 10.0. The minimum atomic E-state index is -0.544. The van der Waals surface area contributed by atoms with E-state index in [1.807, 2.05) is 60.7 Å². The van der Waals surface area contributed by atoms with Crippen molar-refractivity contribution in [3.63, 3.8) is 0 Å². The van der Waals surface area contributed by atoms with E-state index in [4.69, 9.17) is 4.74 Å². The number of amides is 1. The second-order valence-corrected chi connectivity index (χ2v) is 5.49. The van der Waals surface area contributed by atoms with Gasteiger partial charge < -0.3 is 9.64 Å². The van der Waals surface area contributed by atoms with Gasteiger partial charge in [-0.1, -0.05) is 54.6 Å². The van der Waals surface area contributed by atoms with Crippen LogP contribution in [0.5, 0.6) is 0 Å². The molecule has 0 N–H and O–H groups in total. The summed E-state index contributed by atoms with van der Waals surface area (Å²) in [6.07, 6.45) is 0.808. The van der Waals surface area contributed by atoms with Crippen molar-refractivity contribution < 1.29 is 9.53 Å². The zero-order valence-corrected chi connectivity index (χ0v) is 13.1. The number of ether oxygens (including phenoxy) is 1. The first kappa shape index (κ1) is 15.0. The van der Waals surface area contributed by atoms with Gasteiger partial charge in [-0.25, -0.2) is 4.79 Å². The van der Waals surface area contributed by atoms with Crippen molar-refractivity contribution in [2.24, 2.45) is 0 Å². The number of carbonyl (C=O) groups is 1. The number of benzene rings is 2. The number of nitrogens with zero attached hydrogens (tertiary/aromatic N) is 2. The number of fused-ring (bicyclic) bond motifs is 1. The summed E-state index contributed by atoms with van der Waals surface area (Å²) in [4.78, 5) is 18.0. The average molecular weight is 306 g/mol. The molecule has 0 aliphatic heterocycles. The van der Waals surface area contributed by atoms with Gasteiger partial charge in [-0.2, -0.15) is 0 Å². The van der Waals surface area contributed by atoms with E-state index in [0.717, 1.165) is 22.0 Å². The summed E-state index contributed by atoms with van der Waals surface area (Å²) in [5.41, 5.74) is 1.64. The summed E-state index contributed by atoms with van der Waals surface area (Å²) in [5.74, 6) is 0. The molecule has 1 unspecified atom stereocenters. The van der Waals surface area contributed by atoms with E-state index < -0.39 is 12.2 Å². The maximum atomic E-state index is 12.1. The van der Waals surface area contributed by atoms with Gasteiger partial charge in [-0.3, -0.25) is 4.98 Å². The molecule has 1 heterocycles. The first-order valence-electron chi connectivity index (χ1n) is 7.43. The number of hydrogen-bond donors (Lipinski definition) is 0. The first-order chi connectivity index (χ1) is 11.2. The highest BCUT2D eigenvalue weighted by Gasteiger charge is 2.23. The summed E-state index contributed by atoms with van der Waals surface area (Å²) in [6.45, 7) is 0. The zero-order chi connectivity index (χ0) is 16.2. The molecule has 4 nitrogen and oxygen atoms in total. The Morgan fingerprint density at radius 2 is 1.70 bits per heavy atom. The van der Waals surface area contributed by atoms with Gasteiger partial charge in [0.1, 0.15) is 0 Å². The highest BCUT2D eigenvalue weighted by atomic mass is 16.6. The van der Waals surface area contributed by atoms with Crippen LogP contribution in [-0.4, -0.2) is 30.1 Å². The molecule has 1 amide bonds.